The van der Waals surface area contributed by atoms with Gasteiger partial charge >= 0.3 is 0 Å². The van der Waals surface area contributed by atoms with E-state index in [1.54, 1.807) is 6.07 Å². The van der Waals surface area contributed by atoms with Crippen molar-refractivity contribution in [1.29, 1.82) is 0 Å². The van der Waals surface area contributed by atoms with Crippen molar-refractivity contribution in [2.75, 3.05) is 5.73 Å². The molecule has 0 aliphatic carbocycles. The van der Waals surface area contributed by atoms with Gasteiger partial charge in [0.1, 0.15) is 5.82 Å². The van der Waals surface area contributed by atoms with Crippen molar-refractivity contribution in [2.45, 2.75) is 6.92 Å². The SMILES string of the molecule is Cc1nc2cc(N)ccc2n1-c1cccc(Cl)c1Cl. The van der Waals surface area contributed by atoms with E-state index in [4.69, 9.17) is 28.9 Å². The smallest absolute Gasteiger partial charge is 0.111 e. The molecule has 0 aliphatic heterocycles. The fourth-order valence-electron chi connectivity index (χ4n) is 2.19. The Labute approximate surface area is 120 Å². The molecule has 0 bridgehead atoms. The first-order valence-corrected chi connectivity index (χ1v) is 6.52. The lowest BCUT2D eigenvalue weighted by Crippen LogP contribution is -1.98. The van der Waals surface area contributed by atoms with E-state index in [0.717, 1.165) is 22.5 Å². The molecule has 96 valence electrons. The summed E-state index contributed by atoms with van der Waals surface area (Å²) in [6.07, 6.45) is 0. The van der Waals surface area contributed by atoms with Crippen LogP contribution in [0.15, 0.2) is 36.4 Å². The second kappa shape index (κ2) is 4.44. The van der Waals surface area contributed by atoms with Crippen LogP contribution in [-0.4, -0.2) is 9.55 Å². The number of benzene rings is 2. The van der Waals surface area contributed by atoms with Gasteiger partial charge in [-0.1, -0.05) is 29.3 Å². The zero-order valence-corrected chi connectivity index (χ0v) is 11.7. The van der Waals surface area contributed by atoms with Crippen molar-refractivity contribution in [3.8, 4) is 5.69 Å². The minimum atomic E-state index is 0.517. The minimum absolute atomic E-state index is 0.517. The van der Waals surface area contributed by atoms with Crippen LogP contribution in [-0.2, 0) is 0 Å². The minimum Gasteiger partial charge on any atom is -0.399 e. The van der Waals surface area contributed by atoms with E-state index in [9.17, 15) is 0 Å². The van der Waals surface area contributed by atoms with E-state index in [-0.39, 0.29) is 0 Å². The molecule has 0 saturated heterocycles. The van der Waals surface area contributed by atoms with Gasteiger partial charge in [-0.05, 0) is 37.3 Å². The number of halogens is 2. The van der Waals surface area contributed by atoms with Crippen LogP contribution in [0.3, 0.4) is 0 Å². The molecule has 0 aliphatic rings. The zero-order chi connectivity index (χ0) is 13.6. The number of imidazole rings is 1. The molecule has 3 rings (SSSR count). The Hall–Kier alpha value is -1.71. The van der Waals surface area contributed by atoms with E-state index in [0.29, 0.717) is 15.7 Å². The molecule has 3 aromatic rings. The van der Waals surface area contributed by atoms with Crippen LogP contribution in [0.25, 0.3) is 16.7 Å². The standard InChI is InChI=1S/C14H11Cl2N3/c1-8-18-11-7-9(17)5-6-12(11)19(8)13-4-2-3-10(15)14(13)16/h2-7H,17H2,1H3. The highest BCUT2D eigenvalue weighted by atomic mass is 35.5. The first kappa shape index (κ1) is 12.3. The Morgan fingerprint density at radius 3 is 2.74 bits per heavy atom. The third-order valence-electron chi connectivity index (χ3n) is 3.02. The molecule has 0 saturated carbocycles. The maximum absolute atomic E-state index is 6.28. The van der Waals surface area contributed by atoms with Gasteiger partial charge in [0.2, 0.25) is 0 Å². The number of anilines is 1. The number of hydrogen-bond donors (Lipinski definition) is 1. The summed E-state index contributed by atoms with van der Waals surface area (Å²) in [4.78, 5) is 4.50. The lowest BCUT2D eigenvalue weighted by Gasteiger charge is -2.10. The Balaban J connectivity index is 2.36. The number of aromatic nitrogens is 2. The normalized spacial score (nSPS) is 11.1. The molecule has 3 nitrogen and oxygen atoms in total. The van der Waals surface area contributed by atoms with Crippen molar-refractivity contribution >= 4 is 39.9 Å². The number of hydrogen-bond acceptors (Lipinski definition) is 2. The number of aryl methyl sites for hydroxylation is 1. The van der Waals surface area contributed by atoms with Gasteiger partial charge in [0.05, 0.1) is 26.8 Å². The Bertz CT molecular complexity index is 778. The molecule has 2 aromatic carbocycles. The molecule has 0 radical (unpaired) electrons. The van der Waals surface area contributed by atoms with E-state index in [1.165, 1.54) is 0 Å². The second-order valence-electron chi connectivity index (χ2n) is 4.32. The van der Waals surface area contributed by atoms with E-state index in [1.807, 2.05) is 41.8 Å². The first-order chi connectivity index (χ1) is 9.08. The van der Waals surface area contributed by atoms with Crippen LogP contribution >= 0.6 is 23.2 Å². The molecule has 0 fully saturated rings. The lowest BCUT2D eigenvalue weighted by molar-refractivity contribution is 1.00. The molecular formula is C14H11Cl2N3. The summed E-state index contributed by atoms with van der Waals surface area (Å²) in [5.41, 5.74) is 9.08. The van der Waals surface area contributed by atoms with E-state index < -0.39 is 0 Å². The van der Waals surface area contributed by atoms with Gasteiger partial charge in [0, 0.05) is 5.69 Å². The van der Waals surface area contributed by atoms with Crippen molar-refractivity contribution in [2.24, 2.45) is 0 Å². The molecule has 1 aromatic heterocycles. The van der Waals surface area contributed by atoms with Crippen LogP contribution in [0.1, 0.15) is 5.82 Å². The highest BCUT2D eigenvalue weighted by Gasteiger charge is 2.13. The van der Waals surface area contributed by atoms with Gasteiger partial charge in [0.15, 0.2) is 0 Å². The van der Waals surface area contributed by atoms with Gasteiger partial charge in [-0.25, -0.2) is 4.98 Å². The topological polar surface area (TPSA) is 43.8 Å². The van der Waals surface area contributed by atoms with E-state index >= 15 is 0 Å². The van der Waals surface area contributed by atoms with Crippen molar-refractivity contribution in [1.82, 2.24) is 9.55 Å². The van der Waals surface area contributed by atoms with Crippen molar-refractivity contribution in [3.05, 3.63) is 52.3 Å². The molecule has 0 unspecified atom stereocenters. The average Bonchev–Trinajstić information content (AvgIpc) is 2.68. The number of fused-ring (bicyclic) bond motifs is 1. The average molecular weight is 292 g/mol. The van der Waals surface area contributed by atoms with Gasteiger partial charge < -0.3 is 5.73 Å². The predicted octanol–water partition coefficient (Wildman–Crippen LogP) is 4.22. The summed E-state index contributed by atoms with van der Waals surface area (Å²) in [6, 6.07) is 11.2. The lowest BCUT2D eigenvalue weighted by atomic mass is 10.2. The number of nitrogen functional groups attached to an aromatic ring is 1. The molecule has 19 heavy (non-hydrogen) atoms. The van der Waals surface area contributed by atoms with Crippen LogP contribution in [0, 0.1) is 6.92 Å². The maximum Gasteiger partial charge on any atom is 0.111 e. The zero-order valence-electron chi connectivity index (χ0n) is 10.2. The summed E-state index contributed by atoms with van der Waals surface area (Å²) in [5.74, 6) is 0.838. The van der Waals surface area contributed by atoms with E-state index in [2.05, 4.69) is 4.98 Å². The number of nitrogens with two attached hydrogens (primary N) is 1. The summed E-state index contributed by atoms with van der Waals surface area (Å²) in [7, 11) is 0. The van der Waals surface area contributed by atoms with Gasteiger partial charge in [-0.2, -0.15) is 0 Å². The van der Waals surface area contributed by atoms with Gasteiger partial charge in [-0.15, -0.1) is 0 Å². The van der Waals surface area contributed by atoms with Crippen LogP contribution < -0.4 is 5.73 Å². The molecule has 0 atom stereocenters. The molecule has 5 heteroatoms. The number of rotatable bonds is 1. The summed E-state index contributed by atoms with van der Waals surface area (Å²) in [6.45, 7) is 1.92. The highest BCUT2D eigenvalue weighted by Crippen LogP contribution is 2.32. The Morgan fingerprint density at radius 2 is 1.95 bits per heavy atom. The molecule has 2 N–H and O–H groups in total. The molecule has 1 heterocycles. The Kier molecular flexibility index (Phi) is 2.88. The van der Waals surface area contributed by atoms with Gasteiger partial charge in [-0.3, -0.25) is 4.57 Å². The fourth-order valence-corrected chi connectivity index (χ4v) is 2.57. The summed E-state index contributed by atoms with van der Waals surface area (Å²) in [5, 5.41) is 1.04. The Morgan fingerprint density at radius 1 is 1.16 bits per heavy atom. The molecule has 0 spiro atoms. The van der Waals surface area contributed by atoms with Crippen LogP contribution in [0.2, 0.25) is 10.0 Å². The van der Waals surface area contributed by atoms with Crippen molar-refractivity contribution < 1.29 is 0 Å². The largest absolute Gasteiger partial charge is 0.399 e. The second-order valence-corrected chi connectivity index (χ2v) is 5.10. The third kappa shape index (κ3) is 1.95. The quantitative estimate of drug-likeness (QED) is 0.682. The fraction of sp³-hybridized carbons (Fsp3) is 0.0714. The molecular weight excluding hydrogens is 281 g/mol. The van der Waals surface area contributed by atoms with Crippen LogP contribution in [0.4, 0.5) is 5.69 Å². The number of nitrogens with zero attached hydrogens (tertiary/aromatic N) is 2. The molecule has 0 amide bonds. The summed E-state index contributed by atoms with van der Waals surface area (Å²) >= 11 is 12.4. The monoisotopic (exact) mass is 291 g/mol. The van der Waals surface area contributed by atoms with Crippen molar-refractivity contribution in [3.63, 3.8) is 0 Å². The highest BCUT2D eigenvalue weighted by molar-refractivity contribution is 6.43. The summed E-state index contributed by atoms with van der Waals surface area (Å²) < 4.78 is 1.98. The third-order valence-corrected chi connectivity index (χ3v) is 3.83. The predicted molar refractivity (Wildman–Crippen MR) is 80.2 cm³/mol. The maximum atomic E-state index is 6.28. The first-order valence-electron chi connectivity index (χ1n) is 5.77. The van der Waals surface area contributed by atoms with Gasteiger partial charge in [0.25, 0.3) is 0 Å². The van der Waals surface area contributed by atoms with Crippen LogP contribution in [0.5, 0.6) is 0 Å².